The fraction of sp³-hybridized carbons (Fsp3) is 0.263. The summed E-state index contributed by atoms with van der Waals surface area (Å²) in [6, 6.07) is 5.71. The lowest BCUT2D eigenvalue weighted by Gasteiger charge is -2.23. The smallest absolute Gasteiger partial charge is 0.387 e. The summed E-state index contributed by atoms with van der Waals surface area (Å²) in [5.74, 6) is -2.63. The molecule has 2 aromatic carbocycles. The van der Waals surface area contributed by atoms with Crippen molar-refractivity contribution in [1.82, 2.24) is 10.2 Å². The predicted molar refractivity (Wildman–Crippen MR) is 92.4 cm³/mol. The zero-order chi connectivity index (χ0) is 21.3. The predicted octanol–water partition coefficient (Wildman–Crippen LogP) is 3.54. The molecule has 1 aliphatic heterocycles. The van der Waals surface area contributed by atoms with Gasteiger partial charge in [-0.25, -0.2) is 13.6 Å². The highest BCUT2D eigenvalue weighted by atomic mass is 19.3. The Morgan fingerprint density at radius 2 is 1.83 bits per heavy atom. The summed E-state index contributed by atoms with van der Waals surface area (Å²) in [6.45, 7) is -2.03. The minimum atomic E-state index is -3.05. The Hall–Kier alpha value is -3.30. The van der Waals surface area contributed by atoms with Gasteiger partial charge in [0.1, 0.15) is 17.2 Å². The van der Waals surface area contributed by atoms with Gasteiger partial charge in [0, 0.05) is 5.56 Å². The molecule has 0 aliphatic carbocycles. The van der Waals surface area contributed by atoms with Crippen LogP contribution in [-0.4, -0.2) is 30.6 Å². The van der Waals surface area contributed by atoms with E-state index in [9.17, 15) is 27.2 Å². The molecule has 3 amide bonds. The van der Waals surface area contributed by atoms with Crippen molar-refractivity contribution in [3.05, 3.63) is 59.2 Å². The van der Waals surface area contributed by atoms with Gasteiger partial charge < -0.3 is 14.8 Å². The molecule has 3 rings (SSSR count). The second-order valence-electron chi connectivity index (χ2n) is 6.43. The summed E-state index contributed by atoms with van der Waals surface area (Å²) >= 11 is 0. The van der Waals surface area contributed by atoms with Crippen LogP contribution in [0.4, 0.5) is 22.4 Å². The fourth-order valence-corrected chi connectivity index (χ4v) is 3.09. The number of nitrogens with one attached hydrogen (secondary N) is 1. The molecule has 29 heavy (non-hydrogen) atoms. The molecule has 1 fully saturated rings. The molecule has 1 N–H and O–H groups in total. The lowest BCUT2D eigenvalue weighted by atomic mass is 9.91. The number of ether oxygens (including phenoxy) is 2. The van der Waals surface area contributed by atoms with Crippen LogP contribution in [0.15, 0.2) is 36.4 Å². The highest BCUT2D eigenvalue weighted by molar-refractivity contribution is 6.07. The van der Waals surface area contributed by atoms with E-state index in [0.29, 0.717) is 5.56 Å². The van der Waals surface area contributed by atoms with Gasteiger partial charge in [0.15, 0.2) is 11.5 Å². The highest BCUT2D eigenvalue weighted by Gasteiger charge is 2.50. The second kappa shape index (κ2) is 7.61. The van der Waals surface area contributed by atoms with Gasteiger partial charge in [-0.15, -0.1) is 0 Å². The molecule has 1 atom stereocenters. The molecule has 10 heteroatoms. The van der Waals surface area contributed by atoms with Crippen molar-refractivity contribution in [1.29, 1.82) is 0 Å². The number of carbonyl (C=O) groups is 2. The Balaban J connectivity index is 1.88. The van der Waals surface area contributed by atoms with Crippen LogP contribution in [0.2, 0.25) is 0 Å². The fourth-order valence-electron chi connectivity index (χ4n) is 3.09. The number of hydrogen-bond acceptors (Lipinski definition) is 4. The number of nitrogens with zero attached hydrogens (tertiary/aromatic N) is 1. The lowest BCUT2D eigenvalue weighted by molar-refractivity contribution is -0.131. The van der Waals surface area contributed by atoms with Gasteiger partial charge in [-0.1, -0.05) is 6.07 Å². The maximum Gasteiger partial charge on any atom is 0.387 e. The summed E-state index contributed by atoms with van der Waals surface area (Å²) in [4.78, 5) is 26.0. The summed E-state index contributed by atoms with van der Waals surface area (Å²) in [5, 5.41) is 2.38. The molecule has 0 radical (unpaired) electrons. The van der Waals surface area contributed by atoms with Crippen LogP contribution in [0.1, 0.15) is 18.1 Å². The van der Waals surface area contributed by atoms with Crippen molar-refractivity contribution >= 4 is 11.9 Å². The molecular formula is C19H16F4N2O4. The van der Waals surface area contributed by atoms with Crippen LogP contribution in [0, 0.1) is 11.6 Å². The first-order valence-electron chi connectivity index (χ1n) is 8.37. The molecule has 6 nitrogen and oxygen atoms in total. The maximum absolute atomic E-state index is 14.2. The van der Waals surface area contributed by atoms with Gasteiger partial charge in [0.2, 0.25) is 0 Å². The number of benzene rings is 2. The molecule has 1 saturated heterocycles. The van der Waals surface area contributed by atoms with E-state index in [1.807, 2.05) is 0 Å². The Kier molecular flexibility index (Phi) is 5.36. The first-order chi connectivity index (χ1) is 13.7. The SMILES string of the molecule is COc1cc(CN2C(=O)N[C@](C)(c3cc(F)ccc3F)C2=O)ccc1OC(F)F. The van der Waals surface area contributed by atoms with Crippen molar-refractivity contribution in [2.45, 2.75) is 25.6 Å². The summed E-state index contributed by atoms with van der Waals surface area (Å²) in [6.07, 6.45) is 0. The molecule has 0 spiro atoms. The third kappa shape index (κ3) is 3.82. The molecule has 0 saturated carbocycles. The maximum atomic E-state index is 14.2. The number of rotatable bonds is 6. The van der Waals surface area contributed by atoms with Crippen LogP contribution in [0.3, 0.4) is 0 Å². The molecule has 2 aromatic rings. The van der Waals surface area contributed by atoms with Gasteiger partial charge in [0.25, 0.3) is 5.91 Å². The van der Waals surface area contributed by atoms with Crippen molar-refractivity contribution in [2.24, 2.45) is 0 Å². The van der Waals surface area contributed by atoms with Crippen LogP contribution in [0.25, 0.3) is 0 Å². The normalized spacial score (nSPS) is 18.9. The van der Waals surface area contributed by atoms with Gasteiger partial charge in [0.05, 0.1) is 13.7 Å². The molecule has 1 heterocycles. The van der Waals surface area contributed by atoms with Gasteiger partial charge >= 0.3 is 12.6 Å². The summed E-state index contributed by atoms with van der Waals surface area (Å²) in [5.41, 5.74) is -1.74. The quantitative estimate of drug-likeness (QED) is 0.582. The Morgan fingerprint density at radius 3 is 2.48 bits per heavy atom. The zero-order valence-corrected chi connectivity index (χ0v) is 15.3. The van der Waals surface area contributed by atoms with Crippen LogP contribution < -0.4 is 14.8 Å². The molecule has 0 unspecified atom stereocenters. The largest absolute Gasteiger partial charge is 0.493 e. The molecular weight excluding hydrogens is 396 g/mol. The van der Waals surface area contributed by atoms with Gasteiger partial charge in [-0.2, -0.15) is 8.78 Å². The van der Waals surface area contributed by atoms with E-state index >= 15 is 0 Å². The zero-order valence-electron chi connectivity index (χ0n) is 15.3. The van der Waals surface area contributed by atoms with E-state index in [-0.39, 0.29) is 23.6 Å². The topological polar surface area (TPSA) is 67.9 Å². The Morgan fingerprint density at radius 1 is 1.10 bits per heavy atom. The average molecular weight is 412 g/mol. The number of methoxy groups -OCH3 is 1. The Bertz CT molecular complexity index is 969. The monoisotopic (exact) mass is 412 g/mol. The van der Waals surface area contributed by atoms with Crippen LogP contribution in [-0.2, 0) is 16.9 Å². The number of carbonyl (C=O) groups excluding carboxylic acids is 2. The number of hydrogen-bond donors (Lipinski definition) is 1. The van der Waals surface area contributed by atoms with Gasteiger partial charge in [-0.3, -0.25) is 9.69 Å². The summed E-state index contributed by atoms with van der Waals surface area (Å²) in [7, 11) is 1.24. The number of halogens is 4. The average Bonchev–Trinajstić information content (AvgIpc) is 2.88. The minimum absolute atomic E-state index is 0.0196. The van der Waals surface area contributed by atoms with Crippen molar-refractivity contribution in [3.63, 3.8) is 0 Å². The first kappa shape index (κ1) is 20.4. The molecule has 0 aromatic heterocycles. The van der Waals surface area contributed by atoms with Crippen LogP contribution in [0.5, 0.6) is 11.5 Å². The van der Waals surface area contributed by atoms with Crippen molar-refractivity contribution in [3.8, 4) is 11.5 Å². The molecule has 1 aliphatic rings. The van der Waals surface area contributed by atoms with Crippen molar-refractivity contribution in [2.75, 3.05) is 7.11 Å². The Labute approximate surface area is 163 Å². The highest BCUT2D eigenvalue weighted by Crippen LogP contribution is 2.34. The van der Waals surface area contributed by atoms with E-state index in [0.717, 1.165) is 23.1 Å². The first-order valence-corrected chi connectivity index (χ1v) is 8.37. The van der Waals surface area contributed by atoms with E-state index in [2.05, 4.69) is 10.1 Å². The summed E-state index contributed by atoms with van der Waals surface area (Å²) < 4.78 is 61.9. The van der Waals surface area contributed by atoms with E-state index in [4.69, 9.17) is 4.74 Å². The van der Waals surface area contributed by atoms with Crippen LogP contribution >= 0.6 is 0 Å². The third-order valence-corrected chi connectivity index (χ3v) is 4.53. The van der Waals surface area contributed by atoms with E-state index < -0.39 is 35.7 Å². The standard InChI is InChI=1S/C19H16F4N2O4/c1-19(12-8-11(20)4-5-13(12)21)16(26)25(18(27)24-19)9-10-3-6-14(29-17(22)23)15(7-10)28-2/h3-8,17H,9H2,1-2H3,(H,24,27)/t19-/m1/s1. The van der Waals surface area contributed by atoms with Crippen molar-refractivity contribution < 1.29 is 36.6 Å². The molecule has 154 valence electrons. The minimum Gasteiger partial charge on any atom is -0.493 e. The van der Waals surface area contributed by atoms with E-state index in [1.54, 1.807) is 0 Å². The molecule has 0 bridgehead atoms. The third-order valence-electron chi connectivity index (χ3n) is 4.53. The number of alkyl halides is 2. The lowest BCUT2D eigenvalue weighted by Crippen LogP contribution is -2.41. The number of urea groups is 1. The van der Waals surface area contributed by atoms with E-state index in [1.165, 1.54) is 32.2 Å². The van der Waals surface area contributed by atoms with Gasteiger partial charge in [-0.05, 0) is 42.8 Å². The number of imide groups is 1. The second-order valence-corrected chi connectivity index (χ2v) is 6.43. The number of amides is 3.